The minimum absolute atomic E-state index is 0.0253. The van der Waals surface area contributed by atoms with Gasteiger partial charge < -0.3 is 20.3 Å². The first-order chi connectivity index (χ1) is 19.5. The molecule has 0 bridgehead atoms. The van der Waals surface area contributed by atoms with E-state index in [4.69, 9.17) is 4.74 Å². The third-order valence-corrected chi connectivity index (χ3v) is 9.99. The maximum Gasteiger partial charge on any atom is 0.511 e. The molecule has 3 amide bonds. The summed E-state index contributed by atoms with van der Waals surface area (Å²) in [7, 11) is -4.52. The Morgan fingerprint density at radius 1 is 1.10 bits per heavy atom. The molecular weight excluding hydrogens is 581 g/mol. The minimum atomic E-state index is -5.84. The van der Waals surface area contributed by atoms with Gasteiger partial charge in [0.05, 0.1) is 6.04 Å². The smallest absolute Gasteiger partial charge is 0.377 e. The molecule has 0 radical (unpaired) electrons. The van der Waals surface area contributed by atoms with Gasteiger partial charge in [-0.3, -0.25) is 19.2 Å². The van der Waals surface area contributed by atoms with Gasteiger partial charge in [0.1, 0.15) is 18.7 Å². The molecule has 5 atom stereocenters. The SMILES string of the molecule is COCC(=O)[C@H](C[C@@H]1CCNC1=O)NC(=O)[C@@H]1C[C@H](C(C)(C)C)CCN1C(=O)[C@@H](NS(=O)(=O)C(F)(F)F)C1CCCC1. The average molecular weight is 625 g/mol. The zero-order valence-corrected chi connectivity index (χ0v) is 25.4. The highest BCUT2D eigenvalue weighted by Crippen LogP contribution is 2.38. The van der Waals surface area contributed by atoms with Crippen molar-refractivity contribution in [1.29, 1.82) is 0 Å². The van der Waals surface area contributed by atoms with E-state index in [0.717, 1.165) is 0 Å². The maximum absolute atomic E-state index is 13.9. The number of ketones is 1. The third-order valence-electron chi connectivity index (χ3n) is 8.81. The summed E-state index contributed by atoms with van der Waals surface area (Å²) in [6.45, 7) is 6.08. The van der Waals surface area contributed by atoms with Crippen LogP contribution < -0.4 is 15.4 Å². The highest BCUT2D eigenvalue weighted by molar-refractivity contribution is 7.90. The summed E-state index contributed by atoms with van der Waals surface area (Å²) in [6, 6.07) is -3.94. The Bertz CT molecular complexity index is 1120. The van der Waals surface area contributed by atoms with Crippen molar-refractivity contribution in [2.24, 2.45) is 23.2 Å². The normalized spacial score (nSPS) is 25.6. The minimum Gasteiger partial charge on any atom is -0.377 e. The van der Waals surface area contributed by atoms with E-state index in [1.165, 1.54) is 12.0 Å². The van der Waals surface area contributed by atoms with Crippen molar-refractivity contribution in [2.45, 2.75) is 95.8 Å². The molecule has 0 aromatic carbocycles. The monoisotopic (exact) mass is 624 g/mol. The molecule has 0 spiro atoms. The van der Waals surface area contributed by atoms with Crippen LogP contribution in [0, 0.1) is 23.2 Å². The molecule has 2 saturated heterocycles. The first-order valence-corrected chi connectivity index (χ1v) is 15.9. The van der Waals surface area contributed by atoms with Gasteiger partial charge in [-0.15, -0.1) is 0 Å². The number of halogens is 3. The summed E-state index contributed by atoms with van der Waals surface area (Å²) in [5.74, 6) is -3.50. The lowest BCUT2D eigenvalue weighted by atomic mass is 9.73. The number of amides is 3. The van der Waals surface area contributed by atoms with Crippen molar-refractivity contribution in [3.05, 3.63) is 0 Å². The van der Waals surface area contributed by atoms with Gasteiger partial charge in [-0.1, -0.05) is 33.6 Å². The number of alkyl halides is 3. The molecule has 1 saturated carbocycles. The summed E-state index contributed by atoms with van der Waals surface area (Å²) in [4.78, 5) is 54.0. The second-order valence-electron chi connectivity index (χ2n) is 12.7. The number of nitrogens with zero attached hydrogens (tertiary/aromatic N) is 1. The number of nitrogens with one attached hydrogen (secondary N) is 3. The van der Waals surface area contributed by atoms with Gasteiger partial charge in [-0.2, -0.15) is 17.9 Å². The van der Waals surface area contributed by atoms with E-state index >= 15 is 0 Å². The van der Waals surface area contributed by atoms with E-state index in [-0.39, 0.29) is 43.2 Å². The van der Waals surface area contributed by atoms with Crippen LogP contribution in [0.4, 0.5) is 13.2 Å². The fourth-order valence-corrected chi connectivity index (χ4v) is 7.01. The highest BCUT2D eigenvalue weighted by Gasteiger charge is 2.51. The molecule has 0 aromatic rings. The van der Waals surface area contributed by atoms with E-state index in [2.05, 4.69) is 10.6 Å². The van der Waals surface area contributed by atoms with Crippen LogP contribution in [0.5, 0.6) is 0 Å². The third kappa shape index (κ3) is 8.22. The topological polar surface area (TPSA) is 151 Å². The molecule has 3 fully saturated rings. The van der Waals surface area contributed by atoms with E-state index < -0.39 is 63.1 Å². The molecule has 2 heterocycles. The molecule has 15 heteroatoms. The molecule has 2 aliphatic heterocycles. The van der Waals surface area contributed by atoms with Gasteiger partial charge in [0.25, 0.3) is 0 Å². The molecule has 240 valence electrons. The largest absolute Gasteiger partial charge is 0.511 e. The van der Waals surface area contributed by atoms with Crippen LogP contribution in [0.25, 0.3) is 0 Å². The summed E-state index contributed by atoms with van der Waals surface area (Å²) in [5.41, 5.74) is -5.88. The molecule has 0 aromatic heterocycles. The van der Waals surface area contributed by atoms with Gasteiger partial charge in [-0.05, 0) is 55.8 Å². The summed E-state index contributed by atoms with van der Waals surface area (Å²) in [5, 5.41) is 5.39. The predicted octanol–water partition coefficient (Wildman–Crippen LogP) is 1.86. The van der Waals surface area contributed by atoms with Crippen LogP contribution in [0.2, 0.25) is 0 Å². The number of methoxy groups -OCH3 is 1. The Kier molecular flexibility index (Phi) is 11.1. The lowest BCUT2D eigenvalue weighted by Crippen LogP contribution is -2.62. The zero-order chi connectivity index (χ0) is 31.5. The van der Waals surface area contributed by atoms with Gasteiger partial charge in [0.15, 0.2) is 5.78 Å². The Morgan fingerprint density at radius 2 is 1.74 bits per heavy atom. The van der Waals surface area contributed by atoms with E-state index in [0.29, 0.717) is 45.1 Å². The number of carbonyl (C=O) groups is 4. The van der Waals surface area contributed by atoms with Gasteiger partial charge in [0, 0.05) is 26.1 Å². The van der Waals surface area contributed by atoms with Gasteiger partial charge in [0.2, 0.25) is 17.7 Å². The Labute approximate surface area is 245 Å². The van der Waals surface area contributed by atoms with E-state index in [1.54, 1.807) is 4.72 Å². The number of piperidine rings is 1. The number of hydrogen-bond acceptors (Lipinski definition) is 7. The van der Waals surface area contributed by atoms with Crippen LogP contribution in [0.15, 0.2) is 0 Å². The number of ether oxygens (including phenoxy) is 1. The van der Waals surface area contributed by atoms with Crippen molar-refractivity contribution >= 4 is 33.5 Å². The fourth-order valence-electron chi connectivity index (χ4n) is 6.25. The molecule has 3 rings (SSSR count). The standard InChI is InChI=1S/C27H43F3N4O7S/c1-26(2,3)18-10-12-34(25(38)22(16-7-5-6-8-16)33-42(39,40)27(28,29)30)20(14-18)24(37)32-19(21(35)15-41-4)13-17-9-11-31-23(17)36/h16-20,22,33H,5-15H2,1-4H3,(H,31,36)(H,32,37)/t17-,18+,19-,20-,22-/m0/s1. The molecule has 3 aliphatic rings. The second-order valence-corrected chi connectivity index (χ2v) is 14.4. The number of rotatable bonds is 11. The van der Waals surface area contributed by atoms with E-state index in [1.807, 2.05) is 20.8 Å². The molecule has 1 aliphatic carbocycles. The van der Waals surface area contributed by atoms with Crippen LogP contribution in [-0.2, 0) is 33.9 Å². The molecule has 42 heavy (non-hydrogen) atoms. The highest BCUT2D eigenvalue weighted by atomic mass is 32.2. The number of Topliss-reactive ketones (excluding diaryl/α,β-unsaturated/α-hetero) is 1. The maximum atomic E-state index is 13.9. The Hall–Kier alpha value is -2.26. The van der Waals surface area contributed by atoms with Gasteiger partial charge in [-0.25, -0.2) is 8.42 Å². The average Bonchev–Trinajstić information content (AvgIpc) is 3.57. The quantitative estimate of drug-likeness (QED) is 0.318. The van der Waals surface area contributed by atoms with Crippen LogP contribution in [0.1, 0.15) is 72.1 Å². The lowest BCUT2D eigenvalue weighted by Gasteiger charge is -2.45. The summed E-state index contributed by atoms with van der Waals surface area (Å²) < 4.78 is 70.8. The summed E-state index contributed by atoms with van der Waals surface area (Å²) >= 11 is 0. The van der Waals surface area contributed by atoms with Crippen molar-refractivity contribution < 1.29 is 45.5 Å². The van der Waals surface area contributed by atoms with Crippen molar-refractivity contribution in [2.75, 3.05) is 26.8 Å². The lowest BCUT2D eigenvalue weighted by molar-refractivity contribution is -0.147. The van der Waals surface area contributed by atoms with Crippen molar-refractivity contribution in [3.8, 4) is 0 Å². The van der Waals surface area contributed by atoms with Crippen molar-refractivity contribution in [3.63, 3.8) is 0 Å². The van der Waals surface area contributed by atoms with Crippen LogP contribution >= 0.6 is 0 Å². The molecule has 0 unspecified atom stereocenters. The zero-order valence-electron chi connectivity index (χ0n) is 24.6. The molecular formula is C27H43F3N4O7S. The number of carbonyl (C=O) groups excluding carboxylic acids is 4. The number of likely N-dealkylation sites (tertiary alicyclic amines) is 1. The van der Waals surface area contributed by atoms with Crippen LogP contribution in [0.3, 0.4) is 0 Å². The van der Waals surface area contributed by atoms with E-state index in [9.17, 15) is 40.8 Å². The fraction of sp³-hybridized carbons (Fsp3) is 0.852. The summed E-state index contributed by atoms with van der Waals surface area (Å²) in [6.07, 6.45) is 3.13. The predicted molar refractivity (Wildman–Crippen MR) is 146 cm³/mol. The van der Waals surface area contributed by atoms with Crippen LogP contribution in [-0.4, -0.2) is 87.3 Å². The van der Waals surface area contributed by atoms with Gasteiger partial charge >= 0.3 is 15.5 Å². The second kappa shape index (κ2) is 13.6. The van der Waals surface area contributed by atoms with Crippen molar-refractivity contribution in [1.82, 2.24) is 20.3 Å². The molecule has 3 N–H and O–H groups in total. The first kappa shape index (κ1) is 34.2. The number of sulfonamides is 1. The Morgan fingerprint density at radius 3 is 2.26 bits per heavy atom. The Balaban J connectivity index is 1.92. The molecule has 11 nitrogen and oxygen atoms in total. The number of hydrogen-bond donors (Lipinski definition) is 3. The first-order valence-electron chi connectivity index (χ1n) is 14.4.